The van der Waals surface area contributed by atoms with Gasteiger partial charge in [-0.3, -0.25) is 14.3 Å². The Labute approximate surface area is 189 Å². The van der Waals surface area contributed by atoms with Crippen molar-refractivity contribution in [1.29, 1.82) is 0 Å². The fourth-order valence-electron chi connectivity index (χ4n) is 4.94. The van der Waals surface area contributed by atoms with Crippen LogP contribution in [0, 0.1) is 11.6 Å². The second kappa shape index (κ2) is 7.88. The summed E-state index contributed by atoms with van der Waals surface area (Å²) in [6.45, 7) is 1.58. The van der Waals surface area contributed by atoms with Gasteiger partial charge in [0.05, 0.1) is 18.6 Å². The van der Waals surface area contributed by atoms with Gasteiger partial charge in [-0.15, -0.1) is 0 Å². The van der Waals surface area contributed by atoms with E-state index in [2.05, 4.69) is 4.72 Å². The quantitative estimate of drug-likeness (QED) is 0.733. The van der Waals surface area contributed by atoms with Gasteiger partial charge < -0.3 is 9.64 Å². The molecule has 33 heavy (non-hydrogen) atoms. The zero-order chi connectivity index (χ0) is 23.4. The number of fused-ring (bicyclic) bond motifs is 2. The van der Waals surface area contributed by atoms with Gasteiger partial charge in [0.2, 0.25) is 0 Å². The molecule has 0 unspecified atom stereocenters. The zero-order valence-electron chi connectivity index (χ0n) is 17.7. The minimum atomic E-state index is -4.41. The summed E-state index contributed by atoms with van der Waals surface area (Å²) in [4.78, 5) is 27.2. The van der Waals surface area contributed by atoms with Gasteiger partial charge in [-0.05, 0) is 48.2 Å². The number of halogens is 2. The van der Waals surface area contributed by atoms with E-state index < -0.39 is 32.0 Å². The molecule has 0 aromatic heterocycles. The molecular formula is C23H22F2N2O5S. The van der Waals surface area contributed by atoms with E-state index in [1.54, 1.807) is 11.0 Å². The van der Waals surface area contributed by atoms with E-state index >= 15 is 0 Å². The maximum absolute atomic E-state index is 14.2. The van der Waals surface area contributed by atoms with Crippen LogP contribution in [0.2, 0.25) is 0 Å². The van der Waals surface area contributed by atoms with Gasteiger partial charge in [0.25, 0.3) is 15.9 Å². The minimum absolute atomic E-state index is 0.0318. The summed E-state index contributed by atoms with van der Waals surface area (Å²) in [7, 11) is -4.41. The van der Waals surface area contributed by atoms with Gasteiger partial charge in [-0.1, -0.05) is 6.42 Å². The molecule has 1 N–H and O–H groups in total. The molecule has 0 bridgehead atoms. The number of Topliss-reactive ketones (excluding diaryl/α,β-unsaturated/α-hetero) is 1. The van der Waals surface area contributed by atoms with Crippen molar-refractivity contribution in [3.8, 4) is 0 Å². The van der Waals surface area contributed by atoms with Crippen molar-refractivity contribution in [2.45, 2.75) is 36.0 Å². The second-order valence-corrected chi connectivity index (χ2v) is 10.3. The first-order valence-corrected chi connectivity index (χ1v) is 12.3. The number of nitrogens with zero attached hydrogens (tertiary/aromatic N) is 1. The Morgan fingerprint density at radius 1 is 1.09 bits per heavy atom. The standard InChI is InChI=1S/C23H22F2N2O5S/c24-14-2-3-20(19(25)10-14)33(30,31)26-15-11-17(22(29)27-6-8-32-9-7-27)16-13-21(28)23(4-1-5-23)18(16)12-15/h2-3,10-12,26H,1,4-9,13H2. The first kappa shape index (κ1) is 22.0. The third-order valence-electron chi connectivity index (χ3n) is 6.81. The average molecular weight is 477 g/mol. The molecule has 2 fully saturated rings. The molecule has 10 heteroatoms. The number of morpholine rings is 1. The highest BCUT2D eigenvalue weighted by molar-refractivity contribution is 7.92. The number of ketones is 1. The molecule has 1 heterocycles. The number of ether oxygens (including phenoxy) is 1. The summed E-state index contributed by atoms with van der Waals surface area (Å²) < 4.78 is 60.8. The van der Waals surface area contributed by atoms with Crippen molar-refractivity contribution in [2.75, 3.05) is 31.0 Å². The van der Waals surface area contributed by atoms with Crippen LogP contribution in [0.4, 0.5) is 14.5 Å². The van der Waals surface area contributed by atoms with Gasteiger partial charge in [0.15, 0.2) is 0 Å². The first-order valence-electron chi connectivity index (χ1n) is 10.8. The number of nitrogens with one attached hydrogen (secondary N) is 1. The van der Waals surface area contributed by atoms with Crippen LogP contribution in [0.5, 0.6) is 0 Å². The number of carbonyl (C=O) groups excluding carboxylic acids is 2. The lowest BCUT2D eigenvalue weighted by Gasteiger charge is -2.38. The summed E-state index contributed by atoms with van der Waals surface area (Å²) in [5.74, 6) is -2.39. The van der Waals surface area contributed by atoms with Crippen LogP contribution in [-0.4, -0.2) is 51.3 Å². The Morgan fingerprint density at radius 2 is 1.82 bits per heavy atom. The number of sulfonamides is 1. The summed E-state index contributed by atoms with van der Waals surface area (Å²) >= 11 is 0. The van der Waals surface area contributed by atoms with Crippen molar-refractivity contribution >= 4 is 27.4 Å². The van der Waals surface area contributed by atoms with Crippen LogP contribution >= 0.6 is 0 Å². The van der Waals surface area contributed by atoms with Crippen molar-refractivity contribution in [2.24, 2.45) is 0 Å². The van der Waals surface area contributed by atoms with E-state index in [0.717, 1.165) is 18.6 Å². The Balaban J connectivity index is 1.58. The smallest absolute Gasteiger partial charge is 0.264 e. The highest BCUT2D eigenvalue weighted by Crippen LogP contribution is 2.52. The van der Waals surface area contributed by atoms with Crippen LogP contribution in [0.25, 0.3) is 0 Å². The van der Waals surface area contributed by atoms with Crippen LogP contribution in [-0.2, 0) is 31.4 Å². The molecule has 0 atom stereocenters. The van der Waals surface area contributed by atoms with Gasteiger partial charge in [0, 0.05) is 36.8 Å². The van der Waals surface area contributed by atoms with Gasteiger partial charge in [-0.2, -0.15) is 0 Å². The van der Waals surface area contributed by atoms with E-state index in [1.807, 2.05) is 0 Å². The number of hydrogen-bond donors (Lipinski definition) is 1. The van der Waals surface area contributed by atoms with Crippen LogP contribution in [0.3, 0.4) is 0 Å². The number of benzene rings is 2. The average Bonchev–Trinajstić information content (AvgIpc) is 3.04. The van der Waals surface area contributed by atoms with Crippen LogP contribution in [0.1, 0.15) is 40.7 Å². The highest BCUT2D eigenvalue weighted by Gasteiger charge is 2.51. The molecule has 1 amide bonds. The van der Waals surface area contributed by atoms with Crippen molar-refractivity contribution in [3.63, 3.8) is 0 Å². The molecule has 174 valence electrons. The molecule has 2 aliphatic carbocycles. The molecule has 1 aliphatic heterocycles. The highest BCUT2D eigenvalue weighted by atomic mass is 32.2. The van der Waals surface area contributed by atoms with Gasteiger partial charge in [-0.25, -0.2) is 17.2 Å². The lowest BCUT2D eigenvalue weighted by atomic mass is 9.64. The molecule has 2 aromatic rings. The van der Waals surface area contributed by atoms with E-state index in [-0.39, 0.29) is 29.4 Å². The largest absolute Gasteiger partial charge is 0.378 e. The zero-order valence-corrected chi connectivity index (χ0v) is 18.5. The number of hydrogen-bond acceptors (Lipinski definition) is 5. The normalized spacial score (nSPS) is 19.3. The minimum Gasteiger partial charge on any atom is -0.378 e. The van der Waals surface area contributed by atoms with Crippen LogP contribution < -0.4 is 4.72 Å². The maximum Gasteiger partial charge on any atom is 0.264 e. The lowest BCUT2D eigenvalue weighted by Crippen LogP contribution is -2.41. The Kier molecular flexibility index (Phi) is 5.24. The summed E-state index contributed by atoms with van der Waals surface area (Å²) in [6, 6.07) is 5.18. The second-order valence-electron chi connectivity index (χ2n) is 8.67. The number of anilines is 1. The molecule has 1 spiro atoms. The molecule has 1 saturated heterocycles. The fourth-order valence-corrected chi connectivity index (χ4v) is 6.04. The third-order valence-corrected chi connectivity index (χ3v) is 8.22. The molecule has 0 radical (unpaired) electrons. The monoisotopic (exact) mass is 476 g/mol. The molecule has 7 nitrogen and oxygen atoms in total. The van der Waals surface area contributed by atoms with E-state index in [0.29, 0.717) is 56.3 Å². The van der Waals surface area contributed by atoms with Gasteiger partial charge in [0.1, 0.15) is 22.3 Å². The summed E-state index contributed by atoms with van der Waals surface area (Å²) in [6.07, 6.45) is 2.29. The molecule has 2 aromatic carbocycles. The lowest BCUT2D eigenvalue weighted by molar-refractivity contribution is -0.125. The van der Waals surface area contributed by atoms with E-state index in [9.17, 15) is 26.8 Å². The first-order chi connectivity index (χ1) is 15.7. The van der Waals surface area contributed by atoms with Gasteiger partial charge >= 0.3 is 0 Å². The number of amides is 1. The van der Waals surface area contributed by atoms with Crippen LogP contribution in [0.15, 0.2) is 35.2 Å². The van der Waals surface area contributed by atoms with Crippen molar-refractivity contribution in [3.05, 3.63) is 58.7 Å². The van der Waals surface area contributed by atoms with Crippen molar-refractivity contribution < 1.29 is 31.5 Å². The Hall–Kier alpha value is -2.85. The summed E-state index contributed by atoms with van der Waals surface area (Å²) in [5, 5.41) is 0. The topological polar surface area (TPSA) is 92.8 Å². The molecule has 5 rings (SSSR count). The third kappa shape index (κ3) is 3.61. The Morgan fingerprint density at radius 3 is 2.45 bits per heavy atom. The molecule has 1 saturated carbocycles. The predicted molar refractivity (Wildman–Crippen MR) is 115 cm³/mol. The Bertz CT molecular complexity index is 1270. The molecule has 3 aliphatic rings. The maximum atomic E-state index is 14.2. The van der Waals surface area contributed by atoms with E-state index in [1.165, 1.54) is 6.07 Å². The van der Waals surface area contributed by atoms with Crippen molar-refractivity contribution in [1.82, 2.24) is 4.90 Å². The SMILES string of the molecule is O=C(c1cc(NS(=O)(=O)c2ccc(F)cc2F)cc2c1CC(=O)C21CCC1)N1CCOCC1. The predicted octanol–water partition coefficient (Wildman–Crippen LogP) is 2.78. The summed E-state index contributed by atoms with van der Waals surface area (Å²) in [5.41, 5.74) is 0.930. The number of rotatable bonds is 4. The number of carbonyl (C=O) groups is 2. The fraction of sp³-hybridized carbons (Fsp3) is 0.391. The molecular weight excluding hydrogens is 454 g/mol. The van der Waals surface area contributed by atoms with E-state index in [4.69, 9.17) is 4.74 Å².